The van der Waals surface area contributed by atoms with Crippen LogP contribution >= 0.6 is 0 Å². The molecule has 5 nitrogen and oxygen atoms in total. The molecule has 0 spiro atoms. The highest BCUT2D eigenvalue weighted by Gasteiger charge is 2.54. The number of amides is 2. The van der Waals surface area contributed by atoms with E-state index in [1.54, 1.807) is 21.9 Å². The molecular weight excluding hydrogens is 352 g/mol. The molecule has 0 aliphatic carbocycles. The zero-order valence-electron chi connectivity index (χ0n) is 15.9. The van der Waals surface area contributed by atoms with E-state index in [1.165, 1.54) is 0 Å². The summed E-state index contributed by atoms with van der Waals surface area (Å²) in [6, 6.07) is 16.9. The Hall–Kier alpha value is -2.92. The largest absolute Gasteiger partial charge is 0.394 e. The number of benzene rings is 2. The van der Waals surface area contributed by atoms with E-state index in [1.807, 2.05) is 49.4 Å². The molecule has 0 saturated carbocycles. The molecule has 0 bridgehead atoms. The summed E-state index contributed by atoms with van der Waals surface area (Å²) < 4.78 is 0. The van der Waals surface area contributed by atoms with Gasteiger partial charge in [-0.3, -0.25) is 9.59 Å². The number of fused-ring (bicyclic) bond motifs is 1. The van der Waals surface area contributed by atoms with Gasteiger partial charge in [-0.15, -0.1) is 0 Å². The van der Waals surface area contributed by atoms with Crippen molar-refractivity contribution in [2.24, 2.45) is 0 Å². The second-order valence-electron chi connectivity index (χ2n) is 7.36. The Morgan fingerprint density at radius 1 is 1.14 bits per heavy atom. The summed E-state index contributed by atoms with van der Waals surface area (Å²) in [5.74, 6) is -0.190. The predicted molar refractivity (Wildman–Crippen MR) is 108 cm³/mol. The Morgan fingerprint density at radius 3 is 2.50 bits per heavy atom. The monoisotopic (exact) mass is 376 g/mol. The van der Waals surface area contributed by atoms with Crippen molar-refractivity contribution in [1.82, 2.24) is 9.80 Å². The number of aliphatic hydroxyl groups is 1. The lowest BCUT2D eigenvalue weighted by molar-refractivity contribution is -0.159. The number of aliphatic hydroxyl groups excluding tert-OH is 1. The molecule has 0 unspecified atom stereocenters. The fraction of sp³-hybridized carbons (Fsp3) is 0.304. The standard InChI is InChI=1S/C23H24N2O3/c1-2-6-16-9-11-17(12-10-16)22-19-13-24(14-21(27)25(19)20(22)15-26)23(28)18-7-4-3-5-8-18/h2-12,19-20,22,26H,13-15H2,1H3/b6-2+/t19-,20+,22+/m1/s1. The van der Waals surface area contributed by atoms with Crippen molar-refractivity contribution in [1.29, 1.82) is 0 Å². The van der Waals surface area contributed by atoms with Crippen LogP contribution in [0.5, 0.6) is 0 Å². The number of piperazine rings is 1. The zero-order chi connectivity index (χ0) is 19.7. The van der Waals surface area contributed by atoms with Gasteiger partial charge in [-0.1, -0.05) is 54.6 Å². The van der Waals surface area contributed by atoms with Crippen molar-refractivity contribution >= 4 is 17.9 Å². The summed E-state index contributed by atoms with van der Waals surface area (Å²) in [7, 11) is 0. The lowest BCUT2D eigenvalue weighted by Crippen LogP contribution is -2.73. The Morgan fingerprint density at radius 2 is 1.86 bits per heavy atom. The van der Waals surface area contributed by atoms with Crippen molar-refractivity contribution < 1.29 is 14.7 Å². The number of hydrogen-bond acceptors (Lipinski definition) is 3. The minimum atomic E-state index is -0.223. The Kier molecular flexibility index (Phi) is 5.01. The van der Waals surface area contributed by atoms with Crippen molar-refractivity contribution in [3.05, 3.63) is 77.4 Å². The van der Waals surface area contributed by atoms with Gasteiger partial charge < -0.3 is 14.9 Å². The summed E-state index contributed by atoms with van der Waals surface area (Å²) in [6.45, 7) is 2.45. The predicted octanol–water partition coefficient (Wildman–Crippen LogP) is 2.53. The second-order valence-corrected chi connectivity index (χ2v) is 7.36. The Bertz CT molecular complexity index is 892. The molecule has 3 atom stereocenters. The Balaban J connectivity index is 1.58. The topological polar surface area (TPSA) is 60.9 Å². The summed E-state index contributed by atoms with van der Waals surface area (Å²) in [5, 5.41) is 9.88. The molecule has 2 aliphatic heterocycles. The number of carbonyl (C=O) groups excluding carboxylic acids is 2. The lowest BCUT2D eigenvalue weighted by atomic mass is 9.73. The van der Waals surface area contributed by atoms with Gasteiger partial charge in [0.25, 0.3) is 5.91 Å². The van der Waals surface area contributed by atoms with E-state index in [0.717, 1.165) is 11.1 Å². The molecular formula is C23H24N2O3. The van der Waals surface area contributed by atoms with Crippen LogP contribution in [0, 0.1) is 0 Å². The molecule has 0 aromatic heterocycles. The second kappa shape index (κ2) is 7.60. The molecule has 28 heavy (non-hydrogen) atoms. The molecule has 4 rings (SSSR count). The third kappa shape index (κ3) is 3.12. The number of carbonyl (C=O) groups is 2. The summed E-state index contributed by atoms with van der Waals surface area (Å²) in [6.07, 6.45) is 4.02. The van der Waals surface area contributed by atoms with Crippen molar-refractivity contribution in [3.63, 3.8) is 0 Å². The molecule has 2 heterocycles. The highest BCUT2D eigenvalue weighted by Crippen LogP contribution is 2.43. The first-order valence-corrected chi connectivity index (χ1v) is 9.63. The van der Waals surface area contributed by atoms with E-state index in [4.69, 9.17) is 0 Å². The maximum absolute atomic E-state index is 12.8. The van der Waals surface area contributed by atoms with Crippen LogP contribution in [0.1, 0.15) is 34.3 Å². The SMILES string of the molecule is C/C=C/c1ccc([C@H]2[C@H]3CN(C(=O)c4ccccc4)CC(=O)N3[C@H]2CO)cc1. The first kappa shape index (κ1) is 18.4. The van der Waals surface area contributed by atoms with Crippen LogP contribution in [-0.2, 0) is 4.79 Å². The lowest BCUT2D eigenvalue weighted by Gasteiger charge is -2.58. The van der Waals surface area contributed by atoms with Crippen LogP contribution in [0.4, 0.5) is 0 Å². The van der Waals surface area contributed by atoms with Crippen LogP contribution in [-0.4, -0.2) is 58.5 Å². The van der Waals surface area contributed by atoms with E-state index in [0.29, 0.717) is 12.1 Å². The fourth-order valence-electron chi connectivity index (χ4n) is 4.44. The number of rotatable bonds is 4. The highest BCUT2D eigenvalue weighted by atomic mass is 16.3. The molecule has 0 radical (unpaired) electrons. The van der Waals surface area contributed by atoms with Gasteiger partial charge >= 0.3 is 0 Å². The molecule has 2 amide bonds. The average molecular weight is 376 g/mol. The van der Waals surface area contributed by atoms with Crippen LogP contribution in [0.2, 0.25) is 0 Å². The van der Waals surface area contributed by atoms with Crippen molar-refractivity contribution in [2.45, 2.75) is 24.9 Å². The minimum Gasteiger partial charge on any atom is -0.394 e. The maximum atomic E-state index is 12.8. The van der Waals surface area contributed by atoms with Gasteiger partial charge in [0.2, 0.25) is 5.91 Å². The molecule has 2 aliphatic rings. The van der Waals surface area contributed by atoms with E-state index in [-0.39, 0.29) is 43.0 Å². The smallest absolute Gasteiger partial charge is 0.254 e. The zero-order valence-corrected chi connectivity index (χ0v) is 15.9. The average Bonchev–Trinajstić information content (AvgIpc) is 2.71. The summed E-state index contributed by atoms with van der Waals surface area (Å²) in [4.78, 5) is 28.9. The van der Waals surface area contributed by atoms with E-state index in [9.17, 15) is 14.7 Å². The molecule has 2 aromatic rings. The molecule has 5 heteroatoms. The number of hydrogen-bond donors (Lipinski definition) is 1. The third-order valence-corrected chi connectivity index (χ3v) is 5.74. The first-order valence-electron chi connectivity index (χ1n) is 9.63. The highest BCUT2D eigenvalue weighted by molar-refractivity contribution is 5.97. The van der Waals surface area contributed by atoms with Crippen molar-refractivity contribution in [3.8, 4) is 0 Å². The van der Waals surface area contributed by atoms with Crippen LogP contribution < -0.4 is 0 Å². The summed E-state index contributed by atoms with van der Waals surface area (Å²) in [5.41, 5.74) is 2.80. The Labute approximate surface area is 164 Å². The quantitative estimate of drug-likeness (QED) is 0.892. The van der Waals surface area contributed by atoms with Gasteiger partial charge in [0, 0.05) is 18.0 Å². The normalized spacial score (nSPS) is 24.2. The van der Waals surface area contributed by atoms with Crippen molar-refractivity contribution in [2.75, 3.05) is 19.7 Å². The molecule has 2 aromatic carbocycles. The van der Waals surface area contributed by atoms with Gasteiger partial charge in [-0.2, -0.15) is 0 Å². The van der Waals surface area contributed by atoms with E-state index >= 15 is 0 Å². The van der Waals surface area contributed by atoms with E-state index in [2.05, 4.69) is 12.1 Å². The van der Waals surface area contributed by atoms with Crippen LogP contribution in [0.15, 0.2) is 60.7 Å². The maximum Gasteiger partial charge on any atom is 0.254 e. The van der Waals surface area contributed by atoms with Gasteiger partial charge in [-0.05, 0) is 30.2 Å². The fourth-order valence-corrected chi connectivity index (χ4v) is 4.44. The summed E-state index contributed by atoms with van der Waals surface area (Å²) >= 11 is 0. The number of allylic oxidation sites excluding steroid dienone is 1. The molecule has 2 saturated heterocycles. The van der Waals surface area contributed by atoms with Crippen LogP contribution in [0.25, 0.3) is 6.08 Å². The molecule has 1 N–H and O–H groups in total. The number of nitrogens with zero attached hydrogens (tertiary/aromatic N) is 2. The van der Waals surface area contributed by atoms with Gasteiger partial charge in [-0.25, -0.2) is 0 Å². The molecule has 2 fully saturated rings. The van der Waals surface area contributed by atoms with E-state index < -0.39 is 0 Å². The minimum absolute atomic E-state index is 0.0278. The van der Waals surface area contributed by atoms with Gasteiger partial charge in [0.1, 0.15) is 6.54 Å². The van der Waals surface area contributed by atoms with Crippen LogP contribution in [0.3, 0.4) is 0 Å². The van der Waals surface area contributed by atoms with Gasteiger partial charge in [0.05, 0.1) is 18.7 Å². The van der Waals surface area contributed by atoms with Gasteiger partial charge in [0.15, 0.2) is 0 Å². The third-order valence-electron chi connectivity index (χ3n) is 5.74. The first-order chi connectivity index (χ1) is 13.6. The molecule has 144 valence electrons.